The number of carbonyl (C=O) groups excluding carboxylic acids is 3. The summed E-state index contributed by atoms with van der Waals surface area (Å²) in [5, 5.41) is 0. The first-order chi connectivity index (χ1) is 14.6. The Hall–Kier alpha value is -3.55. The Morgan fingerprint density at radius 1 is 0.967 bits per heavy atom. The van der Waals surface area contributed by atoms with Crippen LogP contribution >= 0.6 is 0 Å². The van der Waals surface area contributed by atoms with E-state index < -0.39 is 0 Å². The molecule has 2 heterocycles. The summed E-state index contributed by atoms with van der Waals surface area (Å²) in [5.74, 6) is -0.228. The maximum absolute atomic E-state index is 12.3. The van der Waals surface area contributed by atoms with Crippen LogP contribution in [0.4, 0.5) is 11.4 Å². The molecule has 2 N–H and O–H groups in total. The van der Waals surface area contributed by atoms with Gasteiger partial charge < -0.3 is 14.5 Å². The van der Waals surface area contributed by atoms with Gasteiger partial charge in [0.15, 0.2) is 6.61 Å². The first-order valence-corrected chi connectivity index (χ1v) is 10.0. The molecule has 8 nitrogen and oxygen atoms in total. The Balaban J connectivity index is 1.26. The van der Waals surface area contributed by atoms with Crippen LogP contribution in [0.5, 0.6) is 5.75 Å². The van der Waals surface area contributed by atoms with E-state index in [2.05, 4.69) is 16.9 Å². The zero-order chi connectivity index (χ0) is 20.9. The van der Waals surface area contributed by atoms with E-state index in [9.17, 15) is 14.4 Å². The molecule has 0 spiro atoms. The summed E-state index contributed by atoms with van der Waals surface area (Å²) >= 11 is 0. The molecule has 0 aliphatic carbocycles. The molecule has 30 heavy (non-hydrogen) atoms. The summed E-state index contributed by atoms with van der Waals surface area (Å²) in [6, 6.07) is 15.3. The number of hydrazine groups is 1. The van der Waals surface area contributed by atoms with Gasteiger partial charge in [-0.25, -0.2) is 0 Å². The molecule has 0 unspecified atom stereocenters. The number of nitrogens with zero attached hydrogens (tertiary/aromatic N) is 2. The highest BCUT2D eigenvalue weighted by Crippen LogP contribution is 2.31. The van der Waals surface area contributed by atoms with Gasteiger partial charge in [0.2, 0.25) is 5.91 Å². The van der Waals surface area contributed by atoms with Crippen molar-refractivity contribution in [3.63, 3.8) is 0 Å². The molecule has 2 aromatic rings. The number of nitrogens with one attached hydrogen (secondary N) is 2. The monoisotopic (exact) mass is 408 g/mol. The summed E-state index contributed by atoms with van der Waals surface area (Å²) in [6.07, 6.45) is 2.06. The van der Waals surface area contributed by atoms with Crippen LogP contribution in [0.15, 0.2) is 48.5 Å². The third-order valence-electron chi connectivity index (χ3n) is 5.25. The number of carbonyl (C=O) groups is 3. The molecule has 0 fully saturated rings. The summed E-state index contributed by atoms with van der Waals surface area (Å²) in [5.41, 5.74) is 7.85. The number of ether oxygens (including phenoxy) is 1. The Labute approximate surface area is 174 Å². The van der Waals surface area contributed by atoms with E-state index in [1.54, 1.807) is 12.1 Å². The first kappa shape index (κ1) is 19.8. The fraction of sp³-hybridized carbons (Fsp3) is 0.318. The van der Waals surface area contributed by atoms with Crippen molar-refractivity contribution >= 4 is 29.1 Å². The van der Waals surface area contributed by atoms with Gasteiger partial charge in [-0.2, -0.15) is 0 Å². The molecule has 8 heteroatoms. The molecule has 0 atom stereocenters. The average Bonchev–Trinajstić information content (AvgIpc) is 2.77. The van der Waals surface area contributed by atoms with Crippen molar-refractivity contribution in [2.75, 3.05) is 36.0 Å². The van der Waals surface area contributed by atoms with Crippen LogP contribution in [0.25, 0.3) is 0 Å². The average molecular weight is 408 g/mol. The molecular weight excluding hydrogens is 384 g/mol. The third kappa shape index (κ3) is 4.37. The number of anilines is 2. The lowest BCUT2D eigenvalue weighted by molar-refractivity contribution is -0.128. The number of para-hydroxylation sites is 3. The predicted octanol–water partition coefficient (Wildman–Crippen LogP) is 1.40. The van der Waals surface area contributed by atoms with Crippen LogP contribution in [0.2, 0.25) is 0 Å². The second-order valence-corrected chi connectivity index (χ2v) is 7.30. The third-order valence-corrected chi connectivity index (χ3v) is 5.25. The number of hydrogen-bond acceptors (Lipinski definition) is 5. The standard InChI is InChI=1S/C22H24N4O4/c27-20(11-13-26-18-9-3-4-10-19(18)30-15-22(26)29)23-24-21(28)14-25-12-5-7-16-6-1-2-8-17(16)25/h1-4,6,8-10H,5,7,11-15H2,(H,23,27)(H,24,28). The molecule has 3 amide bonds. The fourth-order valence-electron chi connectivity index (χ4n) is 3.80. The summed E-state index contributed by atoms with van der Waals surface area (Å²) in [7, 11) is 0. The van der Waals surface area contributed by atoms with E-state index in [4.69, 9.17) is 4.74 Å². The Bertz CT molecular complexity index is 962. The molecule has 0 aromatic heterocycles. The van der Waals surface area contributed by atoms with Crippen molar-refractivity contribution < 1.29 is 19.1 Å². The minimum absolute atomic E-state index is 0.0489. The molecule has 0 radical (unpaired) electrons. The van der Waals surface area contributed by atoms with Crippen molar-refractivity contribution in [1.29, 1.82) is 0 Å². The lowest BCUT2D eigenvalue weighted by Gasteiger charge is -2.30. The van der Waals surface area contributed by atoms with Crippen molar-refractivity contribution in [3.05, 3.63) is 54.1 Å². The lowest BCUT2D eigenvalue weighted by atomic mass is 10.0. The SMILES string of the molecule is O=C(CCN1C(=O)COc2ccccc21)NNC(=O)CN1CCCc2ccccc21. The maximum Gasteiger partial charge on any atom is 0.265 e. The van der Waals surface area contributed by atoms with Crippen LogP contribution < -0.4 is 25.4 Å². The maximum atomic E-state index is 12.3. The largest absolute Gasteiger partial charge is 0.482 e. The molecule has 2 aromatic carbocycles. The lowest BCUT2D eigenvalue weighted by Crippen LogP contribution is -2.48. The van der Waals surface area contributed by atoms with Gasteiger partial charge >= 0.3 is 0 Å². The van der Waals surface area contributed by atoms with Crippen molar-refractivity contribution in [3.8, 4) is 5.75 Å². The molecule has 156 valence electrons. The predicted molar refractivity (Wildman–Crippen MR) is 112 cm³/mol. The van der Waals surface area contributed by atoms with E-state index in [0.29, 0.717) is 11.4 Å². The minimum atomic E-state index is -0.362. The highest BCUT2D eigenvalue weighted by Gasteiger charge is 2.25. The summed E-state index contributed by atoms with van der Waals surface area (Å²) in [6.45, 7) is 1.14. The Kier molecular flexibility index (Phi) is 5.83. The first-order valence-electron chi connectivity index (χ1n) is 10.0. The van der Waals surface area contributed by atoms with E-state index in [-0.39, 0.29) is 43.8 Å². The number of aryl methyl sites for hydroxylation is 1. The molecule has 2 aliphatic heterocycles. The van der Waals surface area contributed by atoms with Crippen LogP contribution in [0.3, 0.4) is 0 Å². The van der Waals surface area contributed by atoms with Crippen LogP contribution in [-0.4, -0.2) is 44.0 Å². The molecule has 0 saturated heterocycles. The zero-order valence-electron chi connectivity index (χ0n) is 16.6. The van der Waals surface area contributed by atoms with Crippen molar-refractivity contribution in [1.82, 2.24) is 10.9 Å². The van der Waals surface area contributed by atoms with Gasteiger partial charge in [-0.05, 0) is 36.6 Å². The second kappa shape index (κ2) is 8.86. The Morgan fingerprint density at radius 2 is 1.70 bits per heavy atom. The van der Waals surface area contributed by atoms with Gasteiger partial charge in [-0.3, -0.25) is 25.2 Å². The smallest absolute Gasteiger partial charge is 0.265 e. The van der Waals surface area contributed by atoms with Crippen LogP contribution in [-0.2, 0) is 20.8 Å². The van der Waals surface area contributed by atoms with E-state index in [1.165, 1.54) is 10.5 Å². The number of benzene rings is 2. The Morgan fingerprint density at radius 3 is 2.57 bits per heavy atom. The highest BCUT2D eigenvalue weighted by atomic mass is 16.5. The topological polar surface area (TPSA) is 91.0 Å². The van der Waals surface area contributed by atoms with Gasteiger partial charge in [-0.15, -0.1) is 0 Å². The number of amides is 3. The van der Waals surface area contributed by atoms with E-state index >= 15 is 0 Å². The zero-order valence-corrected chi connectivity index (χ0v) is 16.6. The number of hydrogen-bond donors (Lipinski definition) is 2. The summed E-state index contributed by atoms with van der Waals surface area (Å²) in [4.78, 5) is 40.2. The minimum Gasteiger partial charge on any atom is -0.482 e. The van der Waals surface area contributed by atoms with Gasteiger partial charge in [0, 0.05) is 25.2 Å². The number of rotatable bonds is 5. The van der Waals surface area contributed by atoms with Crippen molar-refractivity contribution in [2.24, 2.45) is 0 Å². The normalized spacial score (nSPS) is 15.0. The molecule has 0 saturated carbocycles. The number of fused-ring (bicyclic) bond motifs is 2. The van der Waals surface area contributed by atoms with E-state index in [1.807, 2.05) is 35.2 Å². The molecular formula is C22H24N4O4. The van der Waals surface area contributed by atoms with Gasteiger partial charge in [0.25, 0.3) is 11.8 Å². The fourth-order valence-corrected chi connectivity index (χ4v) is 3.80. The van der Waals surface area contributed by atoms with Gasteiger partial charge in [0.05, 0.1) is 12.2 Å². The van der Waals surface area contributed by atoms with Crippen LogP contribution in [0, 0.1) is 0 Å². The van der Waals surface area contributed by atoms with E-state index in [0.717, 1.165) is 25.1 Å². The van der Waals surface area contributed by atoms with Crippen molar-refractivity contribution in [2.45, 2.75) is 19.3 Å². The summed E-state index contributed by atoms with van der Waals surface area (Å²) < 4.78 is 5.40. The molecule has 0 bridgehead atoms. The van der Waals surface area contributed by atoms with Gasteiger partial charge in [-0.1, -0.05) is 30.3 Å². The molecule has 2 aliphatic rings. The van der Waals surface area contributed by atoms with Crippen LogP contribution in [0.1, 0.15) is 18.4 Å². The van der Waals surface area contributed by atoms with Gasteiger partial charge in [0.1, 0.15) is 5.75 Å². The second-order valence-electron chi connectivity index (χ2n) is 7.30. The highest BCUT2D eigenvalue weighted by molar-refractivity contribution is 5.98. The molecule has 4 rings (SSSR count). The quantitative estimate of drug-likeness (QED) is 0.730.